The largest absolute Gasteiger partial charge is 0.381 e. The zero-order chi connectivity index (χ0) is 13.5. The summed E-state index contributed by atoms with van der Waals surface area (Å²) in [6.45, 7) is 1.50. The van der Waals surface area contributed by atoms with E-state index < -0.39 is 0 Å². The molecule has 0 spiro atoms. The molecular formula is C15H16FNO2. The van der Waals surface area contributed by atoms with Gasteiger partial charge in [-0.05, 0) is 31.0 Å². The van der Waals surface area contributed by atoms with Crippen LogP contribution in [-0.4, -0.2) is 25.7 Å². The number of rotatable bonds is 2. The smallest absolute Gasteiger partial charge is 0.226 e. The maximum absolute atomic E-state index is 12.9. The predicted octanol–water partition coefficient (Wildman–Crippen LogP) is 1.72. The summed E-state index contributed by atoms with van der Waals surface area (Å²) in [5.74, 6) is 5.22. The lowest BCUT2D eigenvalue weighted by Crippen LogP contribution is -2.35. The average Bonchev–Trinajstić information content (AvgIpc) is 2.44. The molecule has 100 valence electrons. The number of hydrogen-bond donors (Lipinski definition) is 1. The van der Waals surface area contributed by atoms with Crippen LogP contribution in [0, 0.1) is 23.6 Å². The highest BCUT2D eigenvalue weighted by molar-refractivity contribution is 5.79. The Hall–Kier alpha value is -1.86. The first kappa shape index (κ1) is 13.6. The number of halogens is 1. The number of ether oxygens (including phenoxy) is 1. The van der Waals surface area contributed by atoms with Crippen molar-refractivity contribution in [2.75, 3.05) is 19.8 Å². The summed E-state index contributed by atoms with van der Waals surface area (Å²) >= 11 is 0. The molecule has 1 saturated heterocycles. The Morgan fingerprint density at radius 3 is 3.16 bits per heavy atom. The lowest BCUT2D eigenvalue weighted by molar-refractivity contribution is -0.128. The molecule has 0 aliphatic carbocycles. The van der Waals surface area contributed by atoms with Crippen LogP contribution in [-0.2, 0) is 9.53 Å². The first-order chi connectivity index (χ1) is 9.25. The average molecular weight is 261 g/mol. The Morgan fingerprint density at radius 2 is 2.42 bits per heavy atom. The minimum absolute atomic E-state index is 0.0201. The van der Waals surface area contributed by atoms with Crippen LogP contribution in [0.3, 0.4) is 0 Å². The summed E-state index contributed by atoms with van der Waals surface area (Å²) in [7, 11) is 0. The molecule has 1 fully saturated rings. The molecule has 19 heavy (non-hydrogen) atoms. The summed E-state index contributed by atoms with van der Waals surface area (Å²) in [5, 5.41) is 2.75. The zero-order valence-electron chi connectivity index (χ0n) is 10.6. The highest BCUT2D eigenvalue weighted by atomic mass is 19.1. The summed E-state index contributed by atoms with van der Waals surface area (Å²) in [6, 6.07) is 6.07. The second-order valence-corrected chi connectivity index (χ2v) is 4.44. The Bertz CT molecular complexity index is 498. The van der Waals surface area contributed by atoms with Gasteiger partial charge in [0.25, 0.3) is 0 Å². The Morgan fingerprint density at radius 1 is 1.53 bits per heavy atom. The van der Waals surface area contributed by atoms with E-state index in [1.54, 1.807) is 12.1 Å². The molecule has 0 saturated carbocycles. The van der Waals surface area contributed by atoms with E-state index in [0.29, 0.717) is 12.2 Å². The molecule has 1 amide bonds. The summed E-state index contributed by atoms with van der Waals surface area (Å²) in [6.07, 6.45) is 1.79. The van der Waals surface area contributed by atoms with Crippen LogP contribution in [0.5, 0.6) is 0 Å². The van der Waals surface area contributed by atoms with Crippen molar-refractivity contribution < 1.29 is 13.9 Å². The van der Waals surface area contributed by atoms with Crippen molar-refractivity contribution in [2.24, 2.45) is 5.92 Å². The molecule has 0 radical (unpaired) electrons. The Labute approximate surface area is 112 Å². The van der Waals surface area contributed by atoms with E-state index in [4.69, 9.17) is 4.74 Å². The second kappa shape index (κ2) is 6.91. The molecule has 2 rings (SSSR count). The molecular weight excluding hydrogens is 245 g/mol. The summed E-state index contributed by atoms with van der Waals surface area (Å²) in [4.78, 5) is 11.7. The third kappa shape index (κ3) is 4.38. The van der Waals surface area contributed by atoms with Crippen molar-refractivity contribution in [2.45, 2.75) is 12.8 Å². The van der Waals surface area contributed by atoms with Gasteiger partial charge in [0.05, 0.1) is 19.1 Å². The number of nitrogens with one attached hydrogen (secondary N) is 1. The molecule has 1 heterocycles. The maximum atomic E-state index is 12.9. The lowest BCUT2D eigenvalue weighted by Gasteiger charge is -2.20. The van der Waals surface area contributed by atoms with E-state index >= 15 is 0 Å². The topological polar surface area (TPSA) is 38.3 Å². The van der Waals surface area contributed by atoms with Gasteiger partial charge in [-0.15, -0.1) is 0 Å². The van der Waals surface area contributed by atoms with E-state index in [1.807, 2.05) is 0 Å². The number of carbonyl (C=O) groups excluding carboxylic acids is 1. The second-order valence-electron chi connectivity index (χ2n) is 4.44. The molecule has 3 nitrogen and oxygen atoms in total. The lowest BCUT2D eigenvalue weighted by atomic mass is 10.0. The third-order valence-corrected chi connectivity index (χ3v) is 2.94. The van der Waals surface area contributed by atoms with Gasteiger partial charge in [-0.3, -0.25) is 4.79 Å². The third-order valence-electron chi connectivity index (χ3n) is 2.94. The van der Waals surface area contributed by atoms with Gasteiger partial charge in [0.15, 0.2) is 0 Å². The van der Waals surface area contributed by atoms with Crippen LogP contribution >= 0.6 is 0 Å². The van der Waals surface area contributed by atoms with Crippen molar-refractivity contribution in [3.63, 3.8) is 0 Å². The minimum atomic E-state index is -0.310. The van der Waals surface area contributed by atoms with Crippen molar-refractivity contribution in [1.29, 1.82) is 0 Å². The van der Waals surface area contributed by atoms with Gasteiger partial charge in [-0.1, -0.05) is 17.9 Å². The van der Waals surface area contributed by atoms with E-state index in [9.17, 15) is 9.18 Å². The fraction of sp³-hybridized carbons (Fsp3) is 0.400. The normalized spacial score (nSPS) is 18.3. The van der Waals surface area contributed by atoms with Crippen molar-refractivity contribution in [3.8, 4) is 11.8 Å². The van der Waals surface area contributed by atoms with Crippen molar-refractivity contribution in [1.82, 2.24) is 5.32 Å². The summed E-state index contributed by atoms with van der Waals surface area (Å²) in [5.41, 5.74) is 0.607. The highest BCUT2D eigenvalue weighted by Gasteiger charge is 2.20. The van der Waals surface area contributed by atoms with E-state index in [2.05, 4.69) is 17.2 Å². The number of amides is 1. The quantitative estimate of drug-likeness (QED) is 0.823. The van der Waals surface area contributed by atoms with Crippen molar-refractivity contribution in [3.05, 3.63) is 35.6 Å². The molecule has 1 N–H and O–H groups in total. The molecule has 1 aromatic carbocycles. The van der Waals surface area contributed by atoms with Gasteiger partial charge < -0.3 is 10.1 Å². The monoisotopic (exact) mass is 261 g/mol. The number of benzene rings is 1. The molecule has 1 aliphatic heterocycles. The molecule has 0 bridgehead atoms. The van der Waals surface area contributed by atoms with E-state index in [-0.39, 0.29) is 24.2 Å². The van der Waals surface area contributed by atoms with Gasteiger partial charge in [0.2, 0.25) is 5.91 Å². The maximum Gasteiger partial charge on any atom is 0.226 e. The first-order valence-corrected chi connectivity index (χ1v) is 6.35. The molecule has 4 heteroatoms. The fourth-order valence-electron chi connectivity index (χ4n) is 1.94. The van der Waals surface area contributed by atoms with Crippen molar-refractivity contribution >= 4 is 5.91 Å². The predicted molar refractivity (Wildman–Crippen MR) is 69.8 cm³/mol. The molecule has 1 aliphatic rings. The first-order valence-electron chi connectivity index (χ1n) is 6.35. The highest BCUT2D eigenvalue weighted by Crippen LogP contribution is 2.12. The summed E-state index contributed by atoms with van der Waals surface area (Å²) < 4.78 is 18.1. The van der Waals surface area contributed by atoms with E-state index in [1.165, 1.54) is 12.1 Å². The molecule has 1 aromatic rings. The molecule has 0 aromatic heterocycles. The van der Waals surface area contributed by atoms with Gasteiger partial charge in [-0.2, -0.15) is 0 Å². The number of hydrogen-bond acceptors (Lipinski definition) is 2. The Kier molecular flexibility index (Phi) is 4.93. The Balaban J connectivity index is 1.78. The molecule has 0 unspecified atom stereocenters. The fourth-order valence-corrected chi connectivity index (χ4v) is 1.94. The van der Waals surface area contributed by atoms with Crippen LogP contribution in [0.25, 0.3) is 0 Å². The van der Waals surface area contributed by atoms with Crippen LogP contribution in [0.4, 0.5) is 4.39 Å². The van der Waals surface area contributed by atoms with Crippen LogP contribution < -0.4 is 5.32 Å². The zero-order valence-corrected chi connectivity index (χ0v) is 10.6. The van der Waals surface area contributed by atoms with Crippen LogP contribution in [0.1, 0.15) is 18.4 Å². The van der Waals surface area contributed by atoms with Gasteiger partial charge in [0, 0.05) is 12.2 Å². The van der Waals surface area contributed by atoms with Crippen LogP contribution in [0.2, 0.25) is 0 Å². The SMILES string of the molecule is O=C(NCC#Cc1cccc(F)c1)[C@@H]1CCCOC1. The van der Waals surface area contributed by atoms with Crippen LogP contribution in [0.15, 0.2) is 24.3 Å². The standard InChI is InChI=1S/C15H16FNO2/c16-14-7-1-4-12(10-14)5-2-8-17-15(18)13-6-3-9-19-11-13/h1,4,7,10,13H,3,6,8-9,11H2,(H,17,18)/t13-/m1/s1. The van der Waals surface area contributed by atoms with E-state index in [0.717, 1.165) is 19.4 Å². The molecule has 1 atom stereocenters. The minimum Gasteiger partial charge on any atom is -0.381 e. The number of carbonyl (C=O) groups is 1. The van der Waals surface area contributed by atoms with Gasteiger partial charge >= 0.3 is 0 Å². The van der Waals surface area contributed by atoms with Gasteiger partial charge in [0.1, 0.15) is 5.82 Å². The van der Waals surface area contributed by atoms with Gasteiger partial charge in [-0.25, -0.2) is 4.39 Å².